The Bertz CT molecular complexity index is 1630. The van der Waals surface area contributed by atoms with Crippen molar-refractivity contribution in [2.75, 3.05) is 46.4 Å². The molecule has 2 N–H and O–H groups in total. The van der Waals surface area contributed by atoms with Gasteiger partial charge in [0.15, 0.2) is 5.66 Å². The monoisotopic (exact) mass is 704 g/mol. The Hall–Kier alpha value is -3.65. The van der Waals surface area contributed by atoms with Gasteiger partial charge < -0.3 is 14.5 Å². The van der Waals surface area contributed by atoms with E-state index in [4.69, 9.17) is 27.9 Å². The summed E-state index contributed by atoms with van der Waals surface area (Å²) in [7, 11) is 1.82. The van der Waals surface area contributed by atoms with Gasteiger partial charge in [-0.15, -0.1) is 0 Å². The summed E-state index contributed by atoms with van der Waals surface area (Å²) in [5.41, 5.74) is 0.975. The molecule has 0 aromatic heterocycles. The summed E-state index contributed by atoms with van der Waals surface area (Å²) in [6.45, 7) is 12.3. The first-order chi connectivity index (χ1) is 23.3. The van der Waals surface area contributed by atoms with Crippen LogP contribution in [0.25, 0.3) is 0 Å². The van der Waals surface area contributed by atoms with Gasteiger partial charge in [0.05, 0.1) is 36.7 Å². The third-order valence-electron chi connectivity index (χ3n) is 9.73. The first-order valence-corrected chi connectivity index (χ1v) is 17.6. The van der Waals surface area contributed by atoms with Crippen LogP contribution >= 0.6 is 23.2 Å². The quantitative estimate of drug-likeness (QED) is 0.266. The van der Waals surface area contributed by atoms with Crippen LogP contribution in [0.1, 0.15) is 69.0 Å². The van der Waals surface area contributed by atoms with Gasteiger partial charge in [0, 0.05) is 54.9 Å². The van der Waals surface area contributed by atoms with Crippen molar-refractivity contribution in [1.29, 1.82) is 5.26 Å². The number of nitrogens with zero attached hydrogens (tertiary/aromatic N) is 4. The molecule has 0 spiro atoms. The smallest absolute Gasteiger partial charge is 0.262 e. The van der Waals surface area contributed by atoms with Gasteiger partial charge in [-0.25, -0.2) is 0 Å². The van der Waals surface area contributed by atoms with Crippen LogP contribution in [0.4, 0.5) is 0 Å². The van der Waals surface area contributed by atoms with Crippen LogP contribution in [0, 0.1) is 11.3 Å². The number of halogens is 2. The minimum absolute atomic E-state index is 0.0558. The van der Waals surface area contributed by atoms with E-state index in [0.717, 1.165) is 16.7 Å². The molecule has 2 amide bonds. The third kappa shape index (κ3) is 7.74. The highest BCUT2D eigenvalue weighted by atomic mass is 35.5. The maximum absolute atomic E-state index is 15.2. The van der Waals surface area contributed by atoms with Crippen molar-refractivity contribution in [3.8, 4) is 11.8 Å². The van der Waals surface area contributed by atoms with E-state index in [1.807, 2.05) is 113 Å². The fourth-order valence-electron chi connectivity index (χ4n) is 6.46. The summed E-state index contributed by atoms with van der Waals surface area (Å²) in [4.78, 5) is 33.8. The number of rotatable bonds is 10. The number of piperazine rings is 1. The number of nitriles is 1. The number of hydrogen-bond donors (Lipinski definition) is 2. The molecule has 11 heteroatoms. The summed E-state index contributed by atoms with van der Waals surface area (Å²) < 4.78 is 6.21. The van der Waals surface area contributed by atoms with Crippen molar-refractivity contribution in [3.05, 3.63) is 99.0 Å². The topological polar surface area (TPSA) is 101 Å². The lowest BCUT2D eigenvalue weighted by molar-refractivity contribution is -0.142. The molecule has 0 aliphatic carbocycles. The fraction of sp³-hybridized carbons (Fsp3) is 0.447. The Morgan fingerprint density at radius 3 is 1.96 bits per heavy atom. The van der Waals surface area contributed by atoms with Gasteiger partial charge in [-0.05, 0) is 87.7 Å². The first kappa shape index (κ1) is 36.6. The number of likely N-dealkylation sites (N-methyl/N-ethyl adjacent to an activating group) is 1. The minimum atomic E-state index is -1.45. The van der Waals surface area contributed by atoms with E-state index < -0.39 is 11.1 Å². The van der Waals surface area contributed by atoms with Crippen molar-refractivity contribution in [2.24, 2.45) is 0 Å². The number of carbonyl (C=O) groups is 2. The summed E-state index contributed by atoms with van der Waals surface area (Å²) >= 11 is 12.6. The molecule has 9 nitrogen and oxygen atoms in total. The van der Waals surface area contributed by atoms with Crippen molar-refractivity contribution < 1.29 is 14.3 Å². The molecule has 2 heterocycles. The van der Waals surface area contributed by atoms with Crippen LogP contribution < -0.4 is 15.4 Å². The first-order valence-electron chi connectivity index (χ1n) is 16.8. The minimum Gasteiger partial charge on any atom is -0.493 e. The Labute approximate surface area is 300 Å². The molecule has 0 bridgehead atoms. The summed E-state index contributed by atoms with van der Waals surface area (Å²) in [5.74, 6) is 0.433. The standard InChI is InChI=1S/C38H46Cl2N6O3/c1-7-49-32-17-12-28(37(4,5)24-41)22-31(32)38(36(48)46-20-18-45(19-21-46)23-33(47)44(6)25(2)3)42-34(26-8-13-29(39)14-9-26)35(43-38)27-10-15-30(40)16-11-27/h8-17,22,25,34-35,42-43H,7,18-21,23H2,1-6H3/t34-,35+,38?. The van der Waals surface area contributed by atoms with E-state index in [1.165, 1.54) is 0 Å². The zero-order valence-corrected chi connectivity index (χ0v) is 30.6. The van der Waals surface area contributed by atoms with Gasteiger partial charge in [0.1, 0.15) is 5.75 Å². The van der Waals surface area contributed by atoms with Crippen molar-refractivity contribution >= 4 is 35.0 Å². The lowest BCUT2D eigenvalue weighted by Gasteiger charge is -2.41. The van der Waals surface area contributed by atoms with Gasteiger partial charge in [-0.2, -0.15) is 5.26 Å². The summed E-state index contributed by atoms with van der Waals surface area (Å²) in [6, 6.07) is 22.7. The number of carbonyl (C=O) groups excluding carboxylic acids is 2. The maximum Gasteiger partial charge on any atom is 0.262 e. The number of benzene rings is 3. The van der Waals surface area contributed by atoms with Gasteiger partial charge in [-0.3, -0.25) is 25.1 Å². The molecule has 1 unspecified atom stereocenters. The molecule has 2 saturated heterocycles. The molecule has 2 fully saturated rings. The second kappa shape index (κ2) is 15.1. The highest BCUT2D eigenvalue weighted by Gasteiger charge is 2.55. The van der Waals surface area contributed by atoms with E-state index in [0.29, 0.717) is 60.7 Å². The van der Waals surface area contributed by atoms with Crippen molar-refractivity contribution in [2.45, 2.75) is 63.8 Å². The summed E-state index contributed by atoms with van der Waals surface area (Å²) in [5, 5.41) is 18.8. The van der Waals surface area contributed by atoms with Gasteiger partial charge in [0.25, 0.3) is 5.91 Å². The Balaban J connectivity index is 1.61. The molecule has 49 heavy (non-hydrogen) atoms. The second-order valence-corrected chi connectivity index (χ2v) is 14.5. The Kier molecular flexibility index (Phi) is 11.3. The molecular weight excluding hydrogens is 659 g/mol. The van der Waals surface area contributed by atoms with Crippen LogP contribution in [0.3, 0.4) is 0 Å². The summed E-state index contributed by atoms with van der Waals surface area (Å²) in [6.07, 6.45) is 0. The molecule has 3 atom stereocenters. The highest BCUT2D eigenvalue weighted by molar-refractivity contribution is 6.30. The molecule has 0 radical (unpaired) electrons. The number of hydrogen-bond acceptors (Lipinski definition) is 7. The molecule has 0 saturated carbocycles. The molecule has 260 valence electrons. The van der Waals surface area contributed by atoms with Crippen molar-refractivity contribution in [3.63, 3.8) is 0 Å². The SMILES string of the molecule is CCOc1ccc(C(C)(C)C#N)cc1C1(C(=O)N2CCN(CC(=O)N(C)C(C)C)CC2)N[C@H](c2ccc(Cl)cc2)[C@H](c2ccc(Cl)cc2)N1. The predicted molar refractivity (Wildman–Crippen MR) is 194 cm³/mol. The third-order valence-corrected chi connectivity index (χ3v) is 10.2. The van der Waals surface area contributed by atoms with E-state index in [-0.39, 0.29) is 29.9 Å². The highest BCUT2D eigenvalue weighted by Crippen LogP contribution is 2.45. The second-order valence-electron chi connectivity index (χ2n) is 13.6. The van der Waals surface area contributed by atoms with Gasteiger partial charge >= 0.3 is 0 Å². The fourth-order valence-corrected chi connectivity index (χ4v) is 6.71. The van der Waals surface area contributed by atoms with E-state index in [1.54, 1.807) is 4.90 Å². The van der Waals surface area contributed by atoms with E-state index in [9.17, 15) is 10.1 Å². The van der Waals surface area contributed by atoms with E-state index >= 15 is 4.79 Å². The molecule has 3 aromatic carbocycles. The number of amides is 2. The average molecular weight is 706 g/mol. The van der Waals surface area contributed by atoms with Gasteiger partial charge in [-0.1, -0.05) is 53.5 Å². The van der Waals surface area contributed by atoms with Crippen LogP contribution in [-0.4, -0.2) is 78.9 Å². The average Bonchev–Trinajstić information content (AvgIpc) is 3.50. The lowest BCUT2D eigenvalue weighted by Crippen LogP contribution is -2.62. The van der Waals surface area contributed by atoms with Crippen LogP contribution in [-0.2, 0) is 20.7 Å². The molecule has 2 aliphatic rings. The molecule has 3 aromatic rings. The predicted octanol–water partition coefficient (Wildman–Crippen LogP) is 6.03. The Morgan fingerprint density at radius 1 is 0.959 bits per heavy atom. The molecular formula is C38H46Cl2N6O3. The number of nitrogens with one attached hydrogen (secondary N) is 2. The van der Waals surface area contributed by atoms with Crippen LogP contribution in [0.2, 0.25) is 10.0 Å². The van der Waals surface area contributed by atoms with Crippen molar-refractivity contribution in [1.82, 2.24) is 25.3 Å². The zero-order chi connectivity index (χ0) is 35.5. The van der Waals surface area contributed by atoms with E-state index in [2.05, 4.69) is 21.6 Å². The molecule has 2 aliphatic heterocycles. The molecule has 5 rings (SSSR count). The normalized spacial score (nSPS) is 21.4. The largest absolute Gasteiger partial charge is 0.493 e. The zero-order valence-electron chi connectivity index (χ0n) is 29.1. The van der Waals surface area contributed by atoms with Crippen LogP contribution in [0.15, 0.2) is 66.7 Å². The van der Waals surface area contributed by atoms with Crippen LogP contribution in [0.5, 0.6) is 5.75 Å². The maximum atomic E-state index is 15.2. The number of ether oxygens (including phenoxy) is 1. The Morgan fingerprint density at radius 2 is 1.49 bits per heavy atom. The van der Waals surface area contributed by atoms with Gasteiger partial charge in [0.2, 0.25) is 5.91 Å². The lowest BCUT2D eigenvalue weighted by atomic mass is 9.83.